The summed E-state index contributed by atoms with van der Waals surface area (Å²) in [6, 6.07) is 7.10. The minimum absolute atomic E-state index is 0.0745. The van der Waals surface area contributed by atoms with E-state index < -0.39 is 15.8 Å². The highest BCUT2D eigenvalue weighted by atomic mass is 35.5. The van der Waals surface area contributed by atoms with Crippen LogP contribution in [-0.4, -0.2) is 47.7 Å². The molecule has 0 saturated carbocycles. The molecule has 6 nitrogen and oxygen atoms in total. The smallest absolute Gasteiger partial charge is 0.264 e. The van der Waals surface area contributed by atoms with Crippen LogP contribution in [0.1, 0.15) is 5.56 Å². The molecule has 150 valence electrons. The first kappa shape index (κ1) is 19.3. The van der Waals surface area contributed by atoms with Crippen LogP contribution in [0.4, 0.5) is 15.8 Å². The lowest BCUT2D eigenvalue weighted by molar-refractivity contribution is 0.315. The Bertz CT molecular complexity index is 1010. The van der Waals surface area contributed by atoms with Crippen molar-refractivity contribution in [3.63, 3.8) is 0 Å². The molecule has 2 aromatic rings. The lowest BCUT2D eigenvalue weighted by Gasteiger charge is -2.36. The highest BCUT2D eigenvalue weighted by Gasteiger charge is 2.34. The van der Waals surface area contributed by atoms with E-state index in [-0.39, 0.29) is 18.0 Å². The predicted molar refractivity (Wildman–Crippen MR) is 108 cm³/mol. The van der Waals surface area contributed by atoms with E-state index in [0.717, 1.165) is 37.9 Å². The molecule has 0 amide bonds. The number of nitrogens with zero attached hydrogens (tertiary/aromatic N) is 2. The monoisotopic (exact) mass is 425 g/mol. The minimum Gasteiger partial charge on any atom is -0.487 e. The lowest BCUT2D eigenvalue weighted by Crippen LogP contribution is -2.44. The van der Waals surface area contributed by atoms with Crippen LogP contribution >= 0.6 is 11.6 Å². The normalized spacial score (nSPS) is 17.2. The number of piperazine rings is 1. The highest BCUT2D eigenvalue weighted by Crippen LogP contribution is 2.45. The van der Waals surface area contributed by atoms with Gasteiger partial charge in [-0.2, -0.15) is 0 Å². The summed E-state index contributed by atoms with van der Waals surface area (Å²) in [6.07, 6.45) is 0. The van der Waals surface area contributed by atoms with Crippen LogP contribution in [-0.2, 0) is 10.0 Å². The predicted octanol–water partition coefficient (Wildman–Crippen LogP) is 2.78. The molecule has 2 aliphatic rings. The van der Waals surface area contributed by atoms with Crippen LogP contribution in [0.3, 0.4) is 0 Å². The van der Waals surface area contributed by atoms with Gasteiger partial charge in [0.05, 0.1) is 22.8 Å². The van der Waals surface area contributed by atoms with Crippen molar-refractivity contribution in [1.29, 1.82) is 0 Å². The summed E-state index contributed by atoms with van der Waals surface area (Å²) < 4.78 is 47.4. The van der Waals surface area contributed by atoms with Crippen LogP contribution in [0, 0.1) is 12.7 Å². The Morgan fingerprint density at radius 2 is 1.82 bits per heavy atom. The molecule has 1 N–H and O–H groups in total. The largest absolute Gasteiger partial charge is 0.487 e. The zero-order valence-electron chi connectivity index (χ0n) is 15.4. The Morgan fingerprint density at radius 1 is 1.11 bits per heavy atom. The number of halogens is 2. The third kappa shape index (κ3) is 3.40. The Morgan fingerprint density at radius 3 is 2.54 bits per heavy atom. The topological polar surface area (TPSA) is 61.9 Å². The number of fused-ring (bicyclic) bond motifs is 1. The van der Waals surface area contributed by atoms with Crippen LogP contribution in [0.15, 0.2) is 35.2 Å². The second-order valence-corrected chi connectivity index (χ2v) is 9.11. The summed E-state index contributed by atoms with van der Waals surface area (Å²) in [5, 5.41) is 3.73. The number of nitrogens with one attached hydrogen (secondary N) is 1. The number of benzene rings is 2. The SMILES string of the molecule is Cc1cc(F)ccc1S(=O)(=O)N1CCOc2c(N3CCNCC3)cc(Cl)cc21. The summed E-state index contributed by atoms with van der Waals surface area (Å²) >= 11 is 6.35. The summed E-state index contributed by atoms with van der Waals surface area (Å²) in [6.45, 7) is 5.19. The van der Waals surface area contributed by atoms with Crippen molar-refractivity contribution in [3.05, 3.63) is 46.7 Å². The van der Waals surface area contributed by atoms with Crippen LogP contribution < -0.4 is 19.3 Å². The molecule has 0 aliphatic carbocycles. The van der Waals surface area contributed by atoms with Crippen molar-refractivity contribution in [2.24, 2.45) is 0 Å². The number of rotatable bonds is 3. The van der Waals surface area contributed by atoms with E-state index >= 15 is 0 Å². The third-order valence-corrected chi connectivity index (χ3v) is 7.18. The maximum absolute atomic E-state index is 13.5. The van der Waals surface area contributed by atoms with E-state index in [2.05, 4.69) is 10.2 Å². The summed E-state index contributed by atoms with van der Waals surface area (Å²) in [7, 11) is -3.89. The summed E-state index contributed by atoms with van der Waals surface area (Å²) in [5.74, 6) is 0.0451. The maximum atomic E-state index is 13.5. The van der Waals surface area contributed by atoms with E-state index in [1.165, 1.54) is 16.4 Å². The average molecular weight is 426 g/mol. The Labute approximate surface area is 168 Å². The molecular weight excluding hydrogens is 405 g/mol. The molecular formula is C19H21ClFN3O3S. The second kappa shape index (κ2) is 7.42. The first-order valence-electron chi connectivity index (χ1n) is 9.09. The van der Waals surface area contributed by atoms with Gasteiger partial charge < -0.3 is 15.0 Å². The number of hydrogen-bond donors (Lipinski definition) is 1. The van der Waals surface area contributed by atoms with Gasteiger partial charge in [0.2, 0.25) is 0 Å². The fraction of sp³-hybridized carbons (Fsp3) is 0.368. The van der Waals surface area contributed by atoms with E-state index in [9.17, 15) is 12.8 Å². The molecule has 0 atom stereocenters. The van der Waals surface area contributed by atoms with E-state index in [1.54, 1.807) is 13.0 Å². The number of sulfonamides is 1. The fourth-order valence-corrected chi connectivity index (χ4v) is 5.52. The first-order chi connectivity index (χ1) is 13.4. The molecule has 28 heavy (non-hydrogen) atoms. The van der Waals surface area contributed by atoms with Crippen molar-refractivity contribution < 1.29 is 17.5 Å². The van der Waals surface area contributed by atoms with Gasteiger partial charge in [-0.05, 0) is 42.8 Å². The zero-order chi connectivity index (χ0) is 19.9. The van der Waals surface area contributed by atoms with Gasteiger partial charge in [0, 0.05) is 31.2 Å². The highest BCUT2D eigenvalue weighted by molar-refractivity contribution is 7.92. The second-order valence-electron chi connectivity index (χ2n) is 6.85. The van der Waals surface area contributed by atoms with Gasteiger partial charge in [-0.1, -0.05) is 11.6 Å². The summed E-state index contributed by atoms with van der Waals surface area (Å²) in [4.78, 5) is 2.21. The van der Waals surface area contributed by atoms with Gasteiger partial charge in [-0.3, -0.25) is 4.31 Å². The molecule has 2 heterocycles. The quantitative estimate of drug-likeness (QED) is 0.819. The van der Waals surface area contributed by atoms with E-state index in [4.69, 9.17) is 16.3 Å². The van der Waals surface area contributed by atoms with Gasteiger partial charge in [-0.25, -0.2) is 12.8 Å². The number of hydrogen-bond acceptors (Lipinski definition) is 5. The Kier molecular flexibility index (Phi) is 5.11. The molecule has 4 rings (SSSR count). The van der Waals surface area contributed by atoms with Gasteiger partial charge in [0.25, 0.3) is 10.0 Å². The molecule has 0 spiro atoms. The van der Waals surface area contributed by atoms with Gasteiger partial charge >= 0.3 is 0 Å². The van der Waals surface area contributed by atoms with Gasteiger partial charge in [0.15, 0.2) is 5.75 Å². The minimum atomic E-state index is -3.89. The molecule has 0 bridgehead atoms. The molecule has 9 heteroatoms. The van der Waals surface area contributed by atoms with Crippen molar-refractivity contribution in [3.8, 4) is 5.75 Å². The third-order valence-electron chi connectivity index (χ3n) is 4.99. The van der Waals surface area contributed by atoms with Crippen LogP contribution in [0.25, 0.3) is 0 Å². The lowest BCUT2D eigenvalue weighted by atomic mass is 10.2. The molecule has 2 aliphatic heterocycles. The Balaban J connectivity index is 1.81. The van der Waals surface area contributed by atoms with Gasteiger partial charge in [0.1, 0.15) is 12.4 Å². The molecule has 2 aromatic carbocycles. The zero-order valence-corrected chi connectivity index (χ0v) is 17.0. The van der Waals surface area contributed by atoms with E-state index in [1.807, 2.05) is 6.07 Å². The standard InChI is InChI=1S/C19H21ClFN3O3S/c1-13-10-15(21)2-3-18(13)28(25,26)24-8-9-27-19-16(11-14(20)12-17(19)24)23-6-4-22-5-7-23/h2-3,10-12,22H,4-9H2,1H3. The number of anilines is 2. The molecule has 0 radical (unpaired) electrons. The van der Waals surface area contributed by atoms with Crippen molar-refractivity contribution >= 4 is 33.0 Å². The van der Waals surface area contributed by atoms with Crippen LogP contribution in [0.2, 0.25) is 5.02 Å². The number of aryl methyl sites for hydroxylation is 1. The number of ether oxygens (including phenoxy) is 1. The average Bonchev–Trinajstić information content (AvgIpc) is 2.67. The molecule has 1 fully saturated rings. The fourth-order valence-electron chi connectivity index (χ4n) is 3.66. The molecule has 0 aromatic heterocycles. The maximum Gasteiger partial charge on any atom is 0.264 e. The van der Waals surface area contributed by atoms with Crippen LogP contribution in [0.5, 0.6) is 5.75 Å². The van der Waals surface area contributed by atoms with Gasteiger partial charge in [-0.15, -0.1) is 0 Å². The molecule has 0 unspecified atom stereocenters. The van der Waals surface area contributed by atoms with Crippen molar-refractivity contribution in [2.45, 2.75) is 11.8 Å². The Hall–Kier alpha value is -2.03. The van der Waals surface area contributed by atoms with Crippen molar-refractivity contribution in [2.75, 3.05) is 48.5 Å². The first-order valence-corrected chi connectivity index (χ1v) is 10.9. The summed E-state index contributed by atoms with van der Waals surface area (Å²) in [5.41, 5.74) is 1.56. The van der Waals surface area contributed by atoms with E-state index in [0.29, 0.717) is 22.0 Å². The van der Waals surface area contributed by atoms with Crippen molar-refractivity contribution in [1.82, 2.24) is 5.32 Å². The molecule has 1 saturated heterocycles.